The highest BCUT2D eigenvalue weighted by atomic mass is 19.4. The summed E-state index contributed by atoms with van der Waals surface area (Å²) in [5.41, 5.74) is 5.60. The number of carbonyl (C=O) groups excluding carboxylic acids is 1. The minimum atomic E-state index is -4.41. The van der Waals surface area contributed by atoms with Crippen LogP contribution < -0.4 is 11.1 Å². The van der Waals surface area contributed by atoms with Gasteiger partial charge in [-0.25, -0.2) is 4.79 Å². The van der Waals surface area contributed by atoms with Crippen LogP contribution >= 0.6 is 0 Å². The molecule has 5 nitrogen and oxygen atoms in total. The van der Waals surface area contributed by atoms with Gasteiger partial charge < -0.3 is 20.9 Å². The minimum absolute atomic E-state index is 0.0149. The average molecular weight is 382 g/mol. The van der Waals surface area contributed by atoms with Crippen molar-refractivity contribution in [2.24, 2.45) is 5.73 Å². The van der Waals surface area contributed by atoms with Crippen LogP contribution in [-0.4, -0.2) is 30.0 Å². The number of alkyl halides is 3. The van der Waals surface area contributed by atoms with Gasteiger partial charge in [0.15, 0.2) is 0 Å². The van der Waals surface area contributed by atoms with Crippen LogP contribution in [0.25, 0.3) is 0 Å². The summed E-state index contributed by atoms with van der Waals surface area (Å²) in [6, 6.07) is 14.0. The van der Waals surface area contributed by atoms with E-state index in [4.69, 9.17) is 10.5 Å². The number of ether oxygens (including phenoxy) is 1. The van der Waals surface area contributed by atoms with Crippen LogP contribution in [0.3, 0.4) is 0 Å². The number of hydrogen-bond acceptors (Lipinski definition) is 4. The van der Waals surface area contributed by atoms with E-state index in [1.807, 2.05) is 30.3 Å². The van der Waals surface area contributed by atoms with Gasteiger partial charge >= 0.3 is 12.3 Å². The Bertz CT molecular complexity index is 738. The van der Waals surface area contributed by atoms with Gasteiger partial charge in [0.25, 0.3) is 0 Å². The van der Waals surface area contributed by atoms with E-state index in [9.17, 15) is 23.1 Å². The van der Waals surface area contributed by atoms with Gasteiger partial charge in [0.1, 0.15) is 12.2 Å². The Labute approximate surface area is 154 Å². The fourth-order valence-corrected chi connectivity index (χ4v) is 2.61. The number of amides is 1. The molecule has 0 radical (unpaired) electrons. The lowest BCUT2D eigenvalue weighted by Crippen LogP contribution is -2.41. The van der Waals surface area contributed by atoms with Crippen molar-refractivity contribution in [2.75, 3.05) is 6.54 Å². The van der Waals surface area contributed by atoms with Crippen molar-refractivity contribution < 1.29 is 27.8 Å². The topological polar surface area (TPSA) is 84.6 Å². The summed E-state index contributed by atoms with van der Waals surface area (Å²) in [7, 11) is 0. The summed E-state index contributed by atoms with van der Waals surface area (Å²) in [5, 5.41) is 13.2. The molecule has 146 valence electrons. The van der Waals surface area contributed by atoms with E-state index in [1.165, 1.54) is 6.07 Å². The third-order valence-corrected chi connectivity index (χ3v) is 3.91. The SMILES string of the molecule is NC(=O)O[C@@H](Cc1ccccc1)[C@H](O)CNCc1cccc(C(F)(F)F)c1. The summed E-state index contributed by atoms with van der Waals surface area (Å²) in [6.07, 6.45) is -7.11. The number of rotatable bonds is 8. The molecular formula is C19H21F3N2O3. The monoisotopic (exact) mass is 382 g/mol. The Kier molecular flexibility index (Phi) is 7.20. The van der Waals surface area contributed by atoms with Gasteiger partial charge in [0.05, 0.1) is 5.56 Å². The second-order valence-electron chi connectivity index (χ2n) is 6.06. The van der Waals surface area contributed by atoms with E-state index < -0.39 is 30.0 Å². The van der Waals surface area contributed by atoms with Crippen LogP contribution in [0, 0.1) is 0 Å². The van der Waals surface area contributed by atoms with Crippen molar-refractivity contribution in [3.63, 3.8) is 0 Å². The number of aliphatic hydroxyl groups is 1. The highest BCUT2D eigenvalue weighted by Gasteiger charge is 2.30. The third kappa shape index (κ3) is 6.92. The Hall–Kier alpha value is -2.58. The molecule has 2 aromatic rings. The molecule has 4 N–H and O–H groups in total. The lowest BCUT2D eigenvalue weighted by Gasteiger charge is -2.23. The molecular weight excluding hydrogens is 361 g/mol. The molecule has 0 bridgehead atoms. The van der Waals surface area contributed by atoms with Gasteiger partial charge in [0, 0.05) is 19.5 Å². The summed E-state index contributed by atoms with van der Waals surface area (Å²) in [4.78, 5) is 11.1. The standard InChI is InChI=1S/C19H21F3N2O3/c20-19(21,22)15-8-4-7-14(9-15)11-24-12-16(25)17(27-18(23)26)10-13-5-2-1-3-6-13/h1-9,16-17,24-25H,10-12H2,(H2,23,26)/t16-,17+/m1/s1. The van der Waals surface area contributed by atoms with Crippen LogP contribution in [0.15, 0.2) is 54.6 Å². The van der Waals surface area contributed by atoms with E-state index in [2.05, 4.69) is 5.32 Å². The number of primary amides is 1. The fraction of sp³-hybridized carbons (Fsp3) is 0.316. The Balaban J connectivity index is 1.93. The van der Waals surface area contributed by atoms with Crippen molar-refractivity contribution in [2.45, 2.75) is 31.3 Å². The van der Waals surface area contributed by atoms with E-state index in [-0.39, 0.29) is 19.5 Å². The molecule has 8 heteroatoms. The molecule has 2 aromatic carbocycles. The first-order valence-corrected chi connectivity index (χ1v) is 8.30. The smallest absolute Gasteiger partial charge is 0.416 e. The summed E-state index contributed by atoms with van der Waals surface area (Å²) in [6.45, 7) is 0.136. The molecule has 2 rings (SSSR count). The zero-order valence-corrected chi connectivity index (χ0v) is 14.4. The molecule has 0 heterocycles. The van der Waals surface area contributed by atoms with Crippen LogP contribution in [0.5, 0.6) is 0 Å². The third-order valence-electron chi connectivity index (χ3n) is 3.91. The maximum atomic E-state index is 12.7. The molecule has 0 unspecified atom stereocenters. The molecule has 0 aliphatic rings. The lowest BCUT2D eigenvalue weighted by atomic mass is 10.0. The largest absolute Gasteiger partial charge is 0.443 e. The zero-order chi connectivity index (χ0) is 19.9. The Morgan fingerprint density at radius 2 is 1.78 bits per heavy atom. The number of carbonyl (C=O) groups is 1. The number of nitrogens with one attached hydrogen (secondary N) is 1. The number of aliphatic hydroxyl groups excluding tert-OH is 1. The maximum absolute atomic E-state index is 12.7. The highest BCUT2D eigenvalue weighted by molar-refractivity contribution is 5.64. The van der Waals surface area contributed by atoms with E-state index in [0.29, 0.717) is 5.56 Å². The van der Waals surface area contributed by atoms with Crippen LogP contribution in [0.2, 0.25) is 0 Å². The molecule has 0 aromatic heterocycles. The van der Waals surface area contributed by atoms with Crippen molar-refractivity contribution in [1.29, 1.82) is 0 Å². The van der Waals surface area contributed by atoms with Crippen LogP contribution in [0.1, 0.15) is 16.7 Å². The van der Waals surface area contributed by atoms with Gasteiger partial charge in [-0.1, -0.05) is 48.5 Å². The lowest BCUT2D eigenvalue weighted by molar-refractivity contribution is -0.137. The van der Waals surface area contributed by atoms with Gasteiger partial charge in [-0.05, 0) is 17.2 Å². The second kappa shape index (κ2) is 9.38. The van der Waals surface area contributed by atoms with Gasteiger partial charge in [-0.3, -0.25) is 0 Å². The average Bonchev–Trinajstić information content (AvgIpc) is 2.61. The first-order valence-electron chi connectivity index (χ1n) is 8.30. The van der Waals surface area contributed by atoms with E-state index >= 15 is 0 Å². The second-order valence-corrected chi connectivity index (χ2v) is 6.06. The molecule has 0 fully saturated rings. The van der Waals surface area contributed by atoms with Gasteiger partial charge in [0.2, 0.25) is 0 Å². The first-order chi connectivity index (χ1) is 12.8. The van der Waals surface area contributed by atoms with Gasteiger partial charge in [-0.2, -0.15) is 13.2 Å². The number of benzene rings is 2. The molecule has 0 spiro atoms. The number of halogens is 3. The summed E-state index contributed by atoms with van der Waals surface area (Å²) >= 11 is 0. The molecule has 27 heavy (non-hydrogen) atoms. The zero-order valence-electron chi connectivity index (χ0n) is 14.4. The predicted molar refractivity (Wildman–Crippen MR) is 93.8 cm³/mol. The summed E-state index contributed by atoms with van der Waals surface area (Å²) in [5.74, 6) is 0. The molecule has 2 atom stereocenters. The minimum Gasteiger partial charge on any atom is -0.443 e. The van der Waals surface area contributed by atoms with Crippen molar-refractivity contribution >= 4 is 6.09 Å². The highest BCUT2D eigenvalue weighted by Crippen LogP contribution is 2.29. The normalized spacial score (nSPS) is 13.8. The number of nitrogens with two attached hydrogens (primary N) is 1. The fourth-order valence-electron chi connectivity index (χ4n) is 2.61. The van der Waals surface area contributed by atoms with E-state index in [1.54, 1.807) is 6.07 Å². The predicted octanol–water partition coefficient (Wildman–Crippen LogP) is 2.86. The van der Waals surface area contributed by atoms with Crippen LogP contribution in [-0.2, 0) is 23.9 Å². The van der Waals surface area contributed by atoms with Crippen LogP contribution in [0.4, 0.5) is 18.0 Å². The first kappa shape index (κ1) is 20.7. The Morgan fingerprint density at radius 3 is 2.41 bits per heavy atom. The van der Waals surface area contributed by atoms with Crippen molar-refractivity contribution in [1.82, 2.24) is 5.32 Å². The maximum Gasteiger partial charge on any atom is 0.416 e. The summed E-state index contributed by atoms with van der Waals surface area (Å²) < 4.78 is 43.2. The molecule has 1 amide bonds. The molecule has 0 aliphatic heterocycles. The number of hydrogen-bond donors (Lipinski definition) is 3. The quantitative estimate of drug-likeness (QED) is 0.656. The molecule has 0 saturated heterocycles. The van der Waals surface area contributed by atoms with Crippen molar-refractivity contribution in [3.05, 3.63) is 71.3 Å². The van der Waals surface area contributed by atoms with E-state index in [0.717, 1.165) is 17.7 Å². The van der Waals surface area contributed by atoms with Crippen molar-refractivity contribution in [3.8, 4) is 0 Å². The molecule has 0 saturated carbocycles. The molecule has 0 aliphatic carbocycles. The Morgan fingerprint density at radius 1 is 1.11 bits per heavy atom. The van der Waals surface area contributed by atoms with Gasteiger partial charge in [-0.15, -0.1) is 0 Å².